The average molecular weight is 260 g/mol. The zero-order chi connectivity index (χ0) is 13.7. The molecule has 0 fully saturated rings. The van der Waals surface area contributed by atoms with Gasteiger partial charge in [-0.15, -0.1) is 0 Å². The summed E-state index contributed by atoms with van der Waals surface area (Å²) in [6.07, 6.45) is 1.72. The molecular weight excluding hydrogens is 244 g/mol. The minimum atomic E-state index is -0.135. The Kier molecular flexibility index (Phi) is 4.30. The number of hydrogen-bond acceptors (Lipinski definition) is 4. The number of aromatic nitrogens is 1. The molecule has 2 rings (SSSR count). The second kappa shape index (κ2) is 6.15. The van der Waals surface area contributed by atoms with Gasteiger partial charge in [-0.25, -0.2) is 4.98 Å². The summed E-state index contributed by atoms with van der Waals surface area (Å²) in [5.41, 5.74) is 1.73. The summed E-state index contributed by atoms with van der Waals surface area (Å²) in [4.78, 5) is 15.7. The summed E-state index contributed by atoms with van der Waals surface area (Å²) >= 11 is 0. The van der Waals surface area contributed by atoms with Gasteiger partial charge >= 0.3 is 0 Å². The maximum atomic E-state index is 11.7. The lowest BCUT2D eigenvalue weighted by Gasteiger charge is -2.08. The minimum absolute atomic E-state index is 0.0344. The summed E-state index contributed by atoms with van der Waals surface area (Å²) in [7, 11) is 0. The molecule has 1 amide bonds. The predicted octanol–water partition coefficient (Wildman–Crippen LogP) is 1.33. The van der Waals surface area contributed by atoms with Crippen molar-refractivity contribution in [3.8, 4) is 0 Å². The van der Waals surface area contributed by atoms with E-state index in [1.54, 1.807) is 13.1 Å². The number of amides is 1. The van der Waals surface area contributed by atoms with E-state index >= 15 is 0 Å². The van der Waals surface area contributed by atoms with Gasteiger partial charge in [0.05, 0.1) is 19.2 Å². The highest BCUT2D eigenvalue weighted by Gasteiger charge is 2.08. The van der Waals surface area contributed by atoms with Gasteiger partial charge in [0.15, 0.2) is 5.89 Å². The van der Waals surface area contributed by atoms with E-state index in [0.717, 1.165) is 11.1 Å². The number of aliphatic hydroxyl groups is 1. The van der Waals surface area contributed by atoms with Gasteiger partial charge in [0.1, 0.15) is 5.76 Å². The van der Waals surface area contributed by atoms with Crippen LogP contribution < -0.4 is 5.32 Å². The lowest BCUT2D eigenvalue weighted by Crippen LogP contribution is -2.24. The van der Waals surface area contributed by atoms with E-state index in [0.29, 0.717) is 18.2 Å². The van der Waals surface area contributed by atoms with Crippen molar-refractivity contribution >= 4 is 5.91 Å². The first-order valence-electron chi connectivity index (χ1n) is 6.04. The molecule has 100 valence electrons. The second-order valence-corrected chi connectivity index (χ2v) is 4.23. The van der Waals surface area contributed by atoms with Crippen LogP contribution in [0.1, 0.15) is 22.8 Å². The summed E-state index contributed by atoms with van der Waals surface area (Å²) in [6, 6.07) is 7.44. The zero-order valence-corrected chi connectivity index (χ0v) is 10.7. The number of rotatable bonds is 5. The van der Waals surface area contributed by atoms with E-state index in [1.165, 1.54) is 0 Å². The second-order valence-electron chi connectivity index (χ2n) is 4.23. The average Bonchev–Trinajstić information content (AvgIpc) is 2.82. The van der Waals surface area contributed by atoms with Gasteiger partial charge in [-0.2, -0.15) is 0 Å². The van der Waals surface area contributed by atoms with Gasteiger partial charge in [-0.1, -0.05) is 24.3 Å². The number of hydrogen-bond donors (Lipinski definition) is 2. The molecule has 0 aliphatic heterocycles. The molecule has 1 aromatic heterocycles. The molecule has 5 heteroatoms. The first kappa shape index (κ1) is 13.3. The topological polar surface area (TPSA) is 75.4 Å². The van der Waals surface area contributed by atoms with Gasteiger partial charge in [0.2, 0.25) is 5.91 Å². The van der Waals surface area contributed by atoms with E-state index in [9.17, 15) is 9.90 Å². The Labute approximate surface area is 111 Å². The maximum Gasteiger partial charge on any atom is 0.227 e. The molecule has 0 saturated carbocycles. The molecule has 0 unspecified atom stereocenters. The summed E-state index contributed by atoms with van der Waals surface area (Å²) in [6.45, 7) is 2.09. The fraction of sp³-hybridized carbons (Fsp3) is 0.286. The van der Waals surface area contributed by atoms with Gasteiger partial charge in [0, 0.05) is 13.5 Å². The van der Waals surface area contributed by atoms with Crippen LogP contribution in [0.5, 0.6) is 0 Å². The van der Waals surface area contributed by atoms with Crippen LogP contribution in [0.4, 0.5) is 0 Å². The predicted molar refractivity (Wildman–Crippen MR) is 69.2 cm³/mol. The summed E-state index contributed by atoms with van der Waals surface area (Å²) in [5, 5.41) is 12.0. The smallest absolute Gasteiger partial charge is 0.227 e. The molecule has 1 heterocycles. The van der Waals surface area contributed by atoms with Crippen molar-refractivity contribution in [2.75, 3.05) is 0 Å². The molecule has 0 aliphatic carbocycles. The Morgan fingerprint density at radius 1 is 1.37 bits per heavy atom. The number of oxazole rings is 1. The van der Waals surface area contributed by atoms with E-state index in [2.05, 4.69) is 10.3 Å². The third kappa shape index (κ3) is 3.66. The highest BCUT2D eigenvalue weighted by Crippen LogP contribution is 2.08. The highest BCUT2D eigenvalue weighted by atomic mass is 16.4. The molecule has 5 nitrogen and oxygen atoms in total. The van der Waals surface area contributed by atoms with Gasteiger partial charge in [0.25, 0.3) is 0 Å². The zero-order valence-electron chi connectivity index (χ0n) is 10.7. The fourth-order valence-corrected chi connectivity index (χ4v) is 1.79. The van der Waals surface area contributed by atoms with Crippen molar-refractivity contribution in [1.29, 1.82) is 0 Å². The number of carbonyl (C=O) groups excluding carboxylic acids is 1. The van der Waals surface area contributed by atoms with Gasteiger partial charge in [-0.05, 0) is 11.1 Å². The van der Waals surface area contributed by atoms with E-state index in [1.807, 2.05) is 24.3 Å². The van der Waals surface area contributed by atoms with Gasteiger partial charge < -0.3 is 14.8 Å². The lowest BCUT2D eigenvalue weighted by atomic mass is 10.1. The Morgan fingerprint density at radius 2 is 2.11 bits per heavy atom. The first-order valence-corrected chi connectivity index (χ1v) is 6.04. The van der Waals surface area contributed by atoms with Crippen LogP contribution in [0.3, 0.4) is 0 Å². The highest BCUT2D eigenvalue weighted by molar-refractivity contribution is 5.77. The molecule has 0 atom stereocenters. The van der Waals surface area contributed by atoms with E-state index in [-0.39, 0.29) is 18.9 Å². The minimum Gasteiger partial charge on any atom is -0.446 e. The summed E-state index contributed by atoms with van der Waals surface area (Å²) in [5.74, 6) is 0.961. The Balaban J connectivity index is 1.89. The lowest BCUT2D eigenvalue weighted by molar-refractivity contribution is -0.120. The number of benzene rings is 1. The third-order valence-electron chi connectivity index (χ3n) is 2.77. The molecule has 19 heavy (non-hydrogen) atoms. The normalized spacial score (nSPS) is 10.4. The molecule has 2 aromatic rings. The molecule has 1 aromatic carbocycles. The van der Waals surface area contributed by atoms with Crippen LogP contribution in [0.15, 0.2) is 34.9 Å². The monoisotopic (exact) mass is 260 g/mol. The largest absolute Gasteiger partial charge is 0.446 e. The maximum absolute atomic E-state index is 11.7. The molecule has 0 radical (unpaired) electrons. The van der Waals surface area contributed by atoms with Crippen LogP contribution in [-0.2, 0) is 24.4 Å². The van der Waals surface area contributed by atoms with Crippen molar-refractivity contribution in [3.63, 3.8) is 0 Å². The Hall–Kier alpha value is -2.14. The molecule has 0 bridgehead atoms. The number of aryl methyl sites for hydroxylation is 1. The molecule has 2 N–H and O–H groups in total. The number of aliphatic hydroxyl groups excluding tert-OH is 1. The quantitative estimate of drug-likeness (QED) is 0.850. The third-order valence-corrected chi connectivity index (χ3v) is 2.77. The van der Waals surface area contributed by atoms with Crippen molar-refractivity contribution in [3.05, 3.63) is 53.2 Å². The fourth-order valence-electron chi connectivity index (χ4n) is 1.79. The van der Waals surface area contributed by atoms with E-state index < -0.39 is 0 Å². The van der Waals surface area contributed by atoms with Gasteiger partial charge in [-0.3, -0.25) is 4.79 Å². The van der Waals surface area contributed by atoms with Crippen molar-refractivity contribution in [2.24, 2.45) is 0 Å². The molecule has 0 spiro atoms. The molecular formula is C14H16N2O3. The Bertz CT molecular complexity index is 563. The van der Waals surface area contributed by atoms with Crippen LogP contribution in [0, 0.1) is 6.92 Å². The number of nitrogens with one attached hydrogen (secondary N) is 1. The first-order chi connectivity index (χ1) is 9.19. The van der Waals surface area contributed by atoms with Crippen LogP contribution in [0.25, 0.3) is 0 Å². The van der Waals surface area contributed by atoms with Crippen molar-refractivity contribution in [1.82, 2.24) is 10.3 Å². The SMILES string of the molecule is Cc1ncc(CC(=O)NCc2ccccc2CO)o1. The van der Waals surface area contributed by atoms with Crippen molar-refractivity contribution < 1.29 is 14.3 Å². The standard InChI is InChI=1S/C14H16N2O3/c1-10-15-8-13(19-10)6-14(18)16-7-11-4-2-3-5-12(11)9-17/h2-5,8,17H,6-7,9H2,1H3,(H,16,18). The molecule has 0 aliphatic rings. The van der Waals surface area contributed by atoms with E-state index in [4.69, 9.17) is 4.42 Å². The number of nitrogens with zero attached hydrogens (tertiary/aromatic N) is 1. The van der Waals surface area contributed by atoms with Crippen LogP contribution in [0.2, 0.25) is 0 Å². The summed E-state index contributed by atoms with van der Waals surface area (Å²) < 4.78 is 5.24. The molecule has 0 saturated heterocycles. The van der Waals surface area contributed by atoms with Crippen LogP contribution >= 0.6 is 0 Å². The van der Waals surface area contributed by atoms with Crippen LogP contribution in [-0.4, -0.2) is 16.0 Å². The Morgan fingerprint density at radius 3 is 2.74 bits per heavy atom. The van der Waals surface area contributed by atoms with Crippen molar-refractivity contribution in [2.45, 2.75) is 26.5 Å². The number of carbonyl (C=O) groups is 1.